The van der Waals surface area contributed by atoms with E-state index in [1.807, 2.05) is 6.07 Å². The predicted octanol–water partition coefficient (Wildman–Crippen LogP) is 3.87. The van der Waals surface area contributed by atoms with Crippen molar-refractivity contribution in [1.82, 2.24) is 0 Å². The van der Waals surface area contributed by atoms with Crippen molar-refractivity contribution in [3.63, 3.8) is 0 Å². The van der Waals surface area contributed by atoms with E-state index in [0.717, 1.165) is 18.4 Å². The lowest BCUT2D eigenvalue weighted by atomic mass is 10.0. The molecule has 0 unspecified atom stereocenters. The Labute approximate surface area is 177 Å². The van der Waals surface area contributed by atoms with Gasteiger partial charge in [0.1, 0.15) is 4.21 Å². The molecule has 3 heterocycles. The zero-order chi connectivity index (χ0) is 20.7. The first kappa shape index (κ1) is 19.0. The number of benzene rings is 2. The Morgan fingerprint density at radius 1 is 1.07 bits per heavy atom. The monoisotopic (exact) mass is 442 g/mol. The smallest absolute Gasteiger partial charge is 0.273 e. The second-order valence-electron chi connectivity index (χ2n) is 6.98. The van der Waals surface area contributed by atoms with Crippen LogP contribution in [0, 0.1) is 0 Å². The van der Waals surface area contributed by atoms with Crippen LogP contribution in [-0.2, 0) is 16.4 Å². The summed E-state index contributed by atoms with van der Waals surface area (Å²) in [6, 6.07) is 13.7. The topological polar surface area (TPSA) is 84.9 Å². The summed E-state index contributed by atoms with van der Waals surface area (Å²) in [4.78, 5) is 12.7. The molecule has 0 atom stereocenters. The standard InChI is InChI=1S/C21H18N2O5S2/c24-21(15-6-8-18-19(11-15)28-13-27-18)22-16-7-5-14-3-1-9-23(17(14)12-16)30(25,26)20-4-2-10-29-20/h2,4-8,10-12H,1,3,9,13H2,(H,22,24). The fourth-order valence-corrected chi connectivity index (χ4v) is 6.27. The minimum Gasteiger partial charge on any atom is -0.454 e. The number of aryl methyl sites for hydroxylation is 1. The Morgan fingerprint density at radius 2 is 1.93 bits per heavy atom. The number of carbonyl (C=O) groups is 1. The molecule has 2 aliphatic rings. The SMILES string of the molecule is O=C(Nc1ccc2c(c1)N(S(=O)(=O)c1cccs1)CCC2)c1ccc2c(c1)OCO2. The maximum Gasteiger partial charge on any atom is 0.273 e. The van der Waals surface area contributed by atoms with E-state index < -0.39 is 10.0 Å². The molecule has 30 heavy (non-hydrogen) atoms. The molecule has 0 saturated heterocycles. The molecular formula is C21H18N2O5S2. The van der Waals surface area contributed by atoms with Crippen LogP contribution in [0.4, 0.5) is 11.4 Å². The first-order valence-corrected chi connectivity index (χ1v) is 11.7. The van der Waals surface area contributed by atoms with E-state index in [4.69, 9.17) is 9.47 Å². The van der Waals surface area contributed by atoms with Crippen molar-refractivity contribution in [3.8, 4) is 11.5 Å². The van der Waals surface area contributed by atoms with Gasteiger partial charge >= 0.3 is 0 Å². The van der Waals surface area contributed by atoms with E-state index in [9.17, 15) is 13.2 Å². The summed E-state index contributed by atoms with van der Waals surface area (Å²) in [5, 5.41) is 4.60. The molecule has 3 aromatic rings. The molecule has 0 fully saturated rings. The molecule has 1 N–H and O–H groups in total. The Balaban J connectivity index is 1.44. The van der Waals surface area contributed by atoms with Crippen molar-refractivity contribution in [2.75, 3.05) is 23.0 Å². The van der Waals surface area contributed by atoms with E-state index in [1.165, 1.54) is 15.6 Å². The van der Waals surface area contributed by atoms with Crippen LogP contribution in [0.25, 0.3) is 0 Å². The third-order valence-corrected chi connectivity index (χ3v) is 8.28. The van der Waals surface area contributed by atoms with Crippen LogP contribution in [0.3, 0.4) is 0 Å². The largest absolute Gasteiger partial charge is 0.454 e. The number of thiophene rings is 1. The van der Waals surface area contributed by atoms with E-state index >= 15 is 0 Å². The summed E-state index contributed by atoms with van der Waals surface area (Å²) in [5.74, 6) is 0.827. The van der Waals surface area contributed by atoms with E-state index in [1.54, 1.807) is 47.8 Å². The number of hydrogen-bond acceptors (Lipinski definition) is 6. The highest BCUT2D eigenvalue weighted by molar-refractivity contribution is 7.94. The molecule has 0 aliphatic carbocycles. The molecule has 1 aromatic heterocycles. The summed E-state index contributed by atoms with van der Waals surface area (Å²) in [6.45, 7) is 0.548. The number of fused-ring (bicyclic) bond motifs is 2. The second-order valence-corrected chi connectivity index (χ2v) is 10.0. The number of sulfonamides is 1. The lowest BCUT2D eigenvalue weighted by Crippen LogP contribution is -2.35. The lowest BCUT2D eigenvalue weighted by Gasteiger charge is -2.30. The van der Waals surface area contributed by atoms with Gasteiger partial charge in [0.05, 0.1) is 5.69 Å². The quantitative estimate of drug-likeness (QED) is 0.663. The average Bonchev–Trinajstić information content (AvgIpc) is 3.45. The van der Waals surface area contributed by atoms with Crippen molar-refractivity contribution < 1.29 is 22.7 Å². The van der Waals surface area contributed by atoms with Gasteiger partial charge in [0.2, 0.25) is 6.79 Å². The van der Waals surface area contributed by atoms with Crippen LogP contribution >= 0.6 is 11.3 Å². The van der Waals surface area contributed by atoms with Gasteiger partial charge in [0.25, 0.3) is 15.9 Å². The van der Waals surface area contributed by atoms with E-state index in [-0.39, 0.29) is 12.7 Å². The van der Waals surface area contributed by atoms with E-state index in [2.05, 4.69) is 5.32 Å². The molecule has 0 bridgehead atoms. The van der Waals surface area contributed by atoms with Crippen LogP contribution in [-0.4, -0.2) is 27.7 Å². The van der Waals surface area contributed by atoms with Gasteiger partial charge in [-0.15, -0.1) is 11.3 Å². The number of nitrogens with zero attached hydrogens (tertiary/aromatic N) is 1. The van der Waals surface area contributed by atoms with Crippen molar-refractivity contribution in [2.45, 2.75) is 17.1 Å². The van der Waals surface area contributed by atoms with Crippen molar-refractivity contribution in [2.24, 2.45) is 0 Å². The molecule has 0 radical (unpaired) electrons. The van der Waals surface area contributed by atoms with Crippen LogP contribution in [0.2, 0.25) is 0 Å². The number of amides is 1. The first-order valence-electron chi connectivity index (χ1n) is 9.42. The Bertz CT molecular complexity index is 1220. The van der Waals surface area contributed by atoms with Gasteiger partial charge in [-0.05, 0) is 60.2 Å². The molecule has 9 heteroatoms. The number of carbonyl (C=O) groups excluding carboxylic acids is 1. The van der Waals surface area contributed by atoms with Crippen molar-refractivity contribution in [1.29, 1.82) is 0 Å². The highest BCUT2D eigenvalue weighted by atomic mass is 32.2. The zero-order valence-electron chi connectivity index (χ0n) is 15.8. The molecule has 7 nitrogen and oxygen atoms in total. The number of ether oxygens (including phenoxy) is 2. The highest BCUT2D eigenvalue weighted by Crippen LogP contribution is 2.36. The summed E-state index contributed by atoms with van der Waals surface area (Å²) in [6.07, 6.45) is 1.54. The number of hydrogen-bond donors (Lipinski definition) is 1. The maximum atomic E-state index is 13.1. The number of nitrogens with one attached hydrogen (secondary N) is 1. The zero-order valence-corrected chi connectivity index (χ0v) is 17.5. The van der Waals surface area contributed by atoms with Gasteiger partial charge in [0, 0.05) is 17.8 Å². The fourth-order valence-electron chi connectivity index (χ4n) is 3.63. The van der Waals surface area contributed by atoms with Gasteiger partial charge in [0.15, 0.2) is 11.5 Å². The van der Waals surface area contributed by atoms with Crippen LogP contribution < -0.4 is 19.1 Å². The average molecular weight is 443 g/mol. The van der Waals surface area contributed by atoms with Crippen molar-refractivity contribution in [3.05, 3.63) is 65.0 Å². The van der Waals surface area contributed by atoms with E-state index in [0.29, 0.717) is 39.2 Å². The molecule has 0 spiro atoms. The molecule has 154 valence electrons. The third kappa shape index (κ3) is 3.29. The van der Waals surface area contributed by atoms with Gasteiger partial charge in [-0.3, -0.25) is 9.10 Å². The normalized spacial score (nSPS) is 15.0. The van der Waals surface area contributed by atoms with Crippen LogP contribution in [0.15, 0.2) is 58.1 Å². The first-order chi connectivity index (χ1) is 14.5. The van der Waals surface area contributed by atoms with Crippen LogP contribution in [0.1, 0.15) is 22.3 Å². The summed E-state index contributed by atoms with van der Waals surface area (Å²) >= 11 is 1.20. The predicted molar refractivity (Wildman–Crippen MR) is 114 cm³/mol. The number of anilines is 2. The number of rotatable bonds is 4. The summed E-state index contributed by atoms with van der Waals surface area (Å²) < 4.78 is 38.5. The summed E-state index contributed by atoms with van der Waals surface area (Å²) in [5.41, 5.74) is 2.52. The Morgan fingerprint density at radius 3 is 2.77 bits per heavy atom. The highest BCUT2D eigenvalue weighted by Gasteiger charge is 2.30. The molecule has 2 aliphatic heterocycles. The molecule has 0 saturated carbocycles. The maximum absolute atomic E-state index is 13.1. The van der Waals surface area contributed by atoms with Crippen molar-refractivity contribution >= 4 is 38.6 Å². The van der Waals surface area contributed by atoms with Gasteiger partial charge < -0.3 is 14.8 Å². The fraction of sp³-hybridized carbons (Fsp3) is 0.190. The molecule has 1 amide bonds. The van der Waals surface area contributed by atoms with Crippen LogP contribution in [0.5, 0.6) is 11.5 Å². The lowest BCUT2D eigenvalue weighted by molar-refractivity contribution is 0.102. The molecule has 2 aromatic carbocycles. The Kier molecular flexibility index (Phi) is 4.63. The summed E-state index contributed by atoms with van der Waals surface area (Å²) in [7, 11) is -3.63. The minimum atomic E-state index is -3.63. The van der Waals surface area contributed by atoms with Gasteiger partial charge in [-0.1, -0.05) is 12.1 Å². The second kappa shape index (κ2) is 7.33. The van der Waals surface area contributed by atoms with Gasteiger partial charge in [-0.2, -0.15) is 0 Å². The van der Waals surface area contributed by atoms with Gasteiger partial charge in [-0.25, -0.2) is 8.42 Å². The third-order valence-electron chi connectivity index (χ3n) is 5.09. The minimum absolute atomic E-state index is 0.139. The molecular weight excluding hydrogens is 424 g/mol. The molecule has 5 rings (SSSR count). The Hall–Kier alpha value is -3.04.